The Labute approximate surface area is 104 Å². The first-order valence-corrected chi connectivity index (χ1v) is 6.94. The molecule has 92 valence electrons. The summed E-state index contributed by atoms with van der Waals surface area (Å²) in [5, 5.41) is 7.04. The Morgan fingerprint density at radius 2 is 1.88 bits per heavy atom. The summed E-state index contributed by atoms with van der Waals surface area (Å²) in [5.41, 5.74) is 2.87. The number of piperidine rings is 1. The third kappa shape index (κ3) is 2.63. The molecular weight excluding hydrogens is 208 g/mol. The van der Waals surface area contributed by atoms with Crippen molar-refractivity contribution in [3.63, 3.8) is 0 Å². The van der Waals surface area contributed by atoms with E-state index in [2.05, 4.69) is 34.9 Å². The van der Waals surface area contributed by atoms with Gasteiger partial charge in [-0.2, -0.15) is 0 Å². The third-order valence-electron chi connectivity index (χ3n) is 4.23. The molecule has 17 heavy (non-hydrogen) atoms. The van der Waals surface area contributed by atoms with Crippen molar-refractivity contribution < 1.29 is 0 Å². The van der Waals surface area contributed by atoms with E-state index in [1.807, 2.05) is 0 Å². The van der Waals surface area contributed by atoms with Crippen LogP contribution in [0.4, 0.5) is 5.69 Å². The number of anilines is 1. The quantitative estimate of drug-likeness (QED) is 0.816. The Morgan fingerprint density at radius 3 is 2.76 bits per heavy atom. The van der Waals surface area contributed by atoms with E-state index in [0.717, 1.165) is 11.8 Å². The van der Waals surface area contributed by atoms with Gasteiger partial charge in [-0.15, -0.1) is 0 Å². The van der Waals surface area contributed by atoms with Crippen LogP contribution in [0, 0.1) is 11.8 Å². The maximum absolute atomic E-state index is 3.59. The summed E-state index contributed by atoms with van der Waals surface area (Å²) in [6.45, 7) is 3.61. The van der Waals surface area contributed by atoms with Gasteiger partial charge in [-0.3, -0.25) is 0 Å². The van der Waals surface area contributed by atoms with Gasteiger partial charge in [0.1, 0.15) is 0 Å². The zero-order valence-electron chi connectivity index (χ0n) is 10.4. The van der Waals surface area contributed by atoms with Crippen LogP contribution in [-0.2, 0) is 6.42 Å². The van der Waals surface area contributed by atoms with Crippen molar-refractivity contribution in [2.24, 2.45) is 11.8 Å². The predicted molar refractivity (Wildman–Crippen MR) is 72.3 cm³/mol. The summed E-state index contributed by atoms with van der Waals surface area (Å²) in [4.78, 5) is 0. The van der Waals surface area contributed by atoms with E-state index in [1.54, 1.807) is 0 Å². The van der Waals surface area contributed by atoms with Gasteiger partial charge in [-0.1, -0.05) is 18.2 Å². The molecule has 2 heteroatoms. The monoisotopic (exact) mass is 230 g/mol. The van der Waals surface area contributed by atoms with Crippen LogP contribution in [0.15, 0.2) is 24.3 Å². The van der Waals surface area contributed by atoms with Crippen LogP contribution < -0.4 is 10.6 Å². The summed E-state index contributed by atoms with van der Waals surface area (Å²) in [6.07, 6.45) is 5.42. The van der Waals surface area contributed by atoms with Crippen LogP contribution in [0.5, 0.6) is 0 Å². The number of fused-ring (bicyclic) bond motifs is 1. The Hall–Kier alpha value is -1.02. The van der Waals surface area contributed by atoms with Gasteiger partial charge in [0.05, 0.1) is 0 Å². The number of hydrogen-bond donors (Lipinski definition) is 2. The van der Waals surface area contributed by atoms with Crippen LogP contribution in [0.1, 0.15) is 24.8 Å². The fourth-order valence-electron chi connectivity index (χ4n) is 3.26. The maximum atomic E-state index is 3.59. The first-order valence-electron chi connectivity index (χ1n) is 6.94. The van der Waals surface area contributed by atoms with Crippen molar-refractivity contribution in [1.82, 2.24) is 5.32 Å². The Bertz CT molecular complexity index is 369. The second-order valence-corrected chi connectivity index (χ2v) is 5.54. The average molecular weight is 230 g/mol. The molecule has 1 saturated heterocycles. The van der Waals surface area contributed by atoms with Crippen molar-refractivity contribution in [1.29, 1.82) is 0 Å². The van der Waals surface area contributed by atoms with Gasteiger partial charge in [0.2, 0.25) is 0 Å². The van der Waals surface area contributed by atoms with Crippen LogP contribution in [-0.4, -0.2) is 19.6 Å². The van der Waals surface area contributed by atoms with Crippen LogP contribution in [0.3, 0.4) is 0 Å². The number of benzene rings is 1. The molecule has 1 aromatic carbocycles. The second kappa shape index (κ2) is 5.09. The van der Waals surface area contributed by atoms with E-state index in [4.69, 9.17) is 0 Å². The normalized spacial score (nSPS) is 25.1. The number of para-hydroxylation sites is 1. The predicted octanol–water partition coefficient (Wildman–Crippen LogP) is 2.66. The van der Waals surface area contributed by atoms with Crippen LogP contribution >= 0.6 is 0 Å². The minimum Gasteiger partial charge on any atom is -0.385 e. The molecule has 0 spiro atoms. The van der Waals surface area contributed by atoms with Gasteiger partial charge in [0.15, 0.2) is 0 Å². The number of nitrogens with one attached hydrogen (secondary N) is 2. The molecule has 2 nitrogen and oxygen atoms in total. The van der Waals surface area contributed by atoms with Gasteiger partial charge in [0.25, 0.3) is 0 Å². The molecule has 1 aromatic rings. The van der Waals surface area contributed by atoms with Crippen molar-refractivity contribution >= 4 is 5.69 Å². The molecular formula is C15H22N2. The molecule has 0 aliphatic carbocycles. The molecule has 0 radical (unpaired) electrons. The van der Waals surface area contributed by atoms with Gasteiger partial charge >= 0.3 is 0 Å². The Balaban J connectivity index is 1.60. The van der Waals surface area contributed by atoms with Gasteiger partial charge in [-0.05, 0) is 62.2 Å². The van der Waals surface area contributed by atoms with E-state index in [0.29, 0.717) is 0 Å². The first kappa shape index (κ1) is 11.1. The van der Waals surface area contributed by atoms with E-state index < -0.39 is 0 Å². The highest BCUT2D eigenvalue weighted by Crippen LogP contribution is 2.30. The summed E-state index contributed by atoms with van der Waals surface area (Å²) in [5.74, 6) is 1.79. The summed E-state index contributed by atoms with van der Waals surface area (Å²) in [6, 6.07) is 8.76. The highest BCUT2D eigenvalue weighted by molar-refractivity contribution is 5.53. The fraction of sp³-hybridized carbons (Fsp3) is 0.600. The molecule has 0 amide bonds. The van der Waals surface area contributed by atoms with Gasteiger partial charge in [-0.25, -0.2) is 0 Å². The van der Waals surface area contributed by atoms with E-state index in [9.17, 15) is 0 Å². The smallest absolute Gasteiger partial charge is 0.0372 e. The minimum atomic E-state index is 0.841. The van der Waals surface area contributed by atoms with Crippen LogP contribution in [0.2, 0.25) is 0 Å². The second-order valence-electron chi connectivity index (χ2n) is 5.54. The molecule has 0 saturated carbocycles. The van der Waals surface area contributed by atoms with Crippen LogP contribution in [0.25, 0.3) is 0 Å². The standard InChI is InChI=1S/C15H22N2/c1-2-4-15-14(3-1)10-13(11-17-15)9-12-5-7-16-8-6-12/h1-4,12-13,16-17H,5-11H2. The molecule has 0 aromatic heterocycles. The Morgan fingerprint density at radius 1 is 1.06 bits per heavy atom. The molecule has 1 fully saturated rings. The van der Waals surface area contributed by atoms with E-state index >= 15 is 0 Å². The fourth-order valence-corrected chi connectivity index (χ4v) is 3.26. The lowest BCUT2D eigenvalue weighted by atomic mass is 9.83. The largest absolute Gasteiger partial charge is 0.385 e. The molecule has 2 aliphatic heterocycles. The average Bonchev–Trinajstić information content (AvgIpc) is 2.40. The maximum Gasteiger partial charge on any atom is 0.0372 e. The lowest BCUT2D eigenvalue weighted by Gasteiger charge is -2.31. The molecule has 0 bridgehead atoms. The van der Waals surface area contributed by atoms with E-state index in [-0.39, 0.29) is 0 Å². The van der Waals surface area contributed by atoms with E-state index in [1.165, 1.54) is 56.6 Å². The molecule has 3 rings (SSSR count). The zero-order chi connectivity index (χ0) is 11.5. The molecule has 2 aliphatic rings. The molecule has 2 N–H and O–H groups in total. The minimum absolute atomic E-state index is 0.841. The summed E-state index contributed by atoms with van der Waals surface area (Å²) < 4.78 is 0. The van der Waals surface area contributed by atoms with Crippen molar-refractivity contribution in [2.45, 2.75) is 25.7 Å². The topological polar surface area (TPSA) is 24.1 Å². The van der Waals surface area contributed by atoms with Crippen molar-refractivity contribution in [3.8, 4) is 0 Å². The summed E-state index contributed by atoms with van der Waals surface area (Å²) >= 11 is 0. The van der Waals surface area contributed by atoms with Crippen molar-refractivity contribution in [3.05, 3.63) is 29.8 Å². The zero-order valence-corrected chi connectivity index (χ0v) is 10.4. The van der Waals surface area contributed by atoms with Crippen molar-refractivity contribution in [2.75, 3.05) is 25.0 Å². The highest BCUT2D eigenvalue weighted by atomic mass is 14.9. The van der Waals surface area contributed by atoms with Gasteiger partial charge < -0.3 is 10.6 Å². The third-order valence-corrected chi connectivity index (χ3v) is 4.23. The molecule has 1 atom stereocenters. The molecule has 2 heterocycles. The SMILES string of the molecule is c1ccc2c(c1)CC(CC1CCNCC1)CN2. The number of hydrogen-bond acceptors (Lipinski definition) is 2. The Kier molecular flexibility index (Phi) is 3.32. The van der Waals surface area contributed by atoms with Gasteiger partial charge in [0, 0.05) is 12.2 Å². The molecule has 1 unspecified atom stereocenters. The highest BCUT2D eigenvalue weighted by Gasteiger charge is 2.22. The lowest BCUT2D eigenvalue weighted by Crippen LogP contribution is -2.31. The lowest BCUT2D eigenvalue weighted by molar-refractivity contribution is 0.301. The number of rotatable bonds is 2. The first-order chi connectivity index (χ1) is 8.42. The summed E-state index contributed by atoms with van der Waals surface area (Å²) in [7, 11) is 0.